The summed E-state index contributed by atoms with van der Waals surface area (Å²) in [6.45, 7) is -0.552. The van der Waals surface area contributed by atoms with Crippen LogP contribution in [0.3, 0.4) is 0 Å². The highest BCUT2D eigenvalue weighted by molar-refractivity contribution is 5.87. The van der Waals surface area contributed by atoms with Crippen LogP contribution in [0.1, 0.15) is 5.56 Å². The number of ether oxygens (including phenoxy) is 2. The molecule has 0 aliphatic carbocycles. The van der Waals surface area contributed by atoms with Crippen LogP contribution in [0.25, 0.3) is 33.5 Å². The first-order valence-corrected chi connectivity index (χ1v) is 11.0. The molecule has 5 rings (SSSR count). The predicted molar refractivity (Wildman–Crippen MR) is 135 cm³/mol. The summed E-state index contributed by atoms with van der Waals surface area (Å²) >= 11 is 0. The van der Waals surface area contributed by atoms with Crippen LogP contribution in [0.15, 0.2) is 87.1 Å². The third-order valence-electron chi connectivity index (χ3n) is 5.50. The Kier molecular flexibility index (Phi) is 6.17. The molecule has 0 saturated heterocycles. The summed E-state index contributed by atoms with van der Waals surface area (Å²) in [6.07, 6.45) is 1.23. The number of furan rings is 1. The van der Waals surface area contributed by atoms with Gasteiger partial charge in [-0.25, -0.2) is 9.78 Å². The van der Waals surface area contributed by atoms with Crippen LogP contribution in [0.2, 0.25) is 0 Å². The summed E-state index contributed by atoms with van der Waals surface area (Å²) < 4.78 is 17.0. The van der Waals surface area contributed by atoms with E-state index < -0.39 is 23.1 Å². The number of carbonyl (C=O) groups is 1. The Labute approximate surface area is 208 Å². The van der Waals surface area contributed by atoms with E-state index in [0.29, 0.717) is 22.2 Å². The molecule has 0 atom stereocenters. The fourth-order valence-corrected chi connectivity index (χ4v) is 3.74. The standard InChI is InChI=1S/C26H18N4O7/c1-35-23(31)15-36-24-17(8-6-11-20(24)30(33)34)14-27-29-25(22-13-16-7-2-5-12-21(16)37-22)28-19-10-4-3-9-18(19)26(29)32/h2-14H,15H2,1H3. The lowest BCUT2D eigenvalue weighted by atomic mass is 10.2. The molecular weight excluding hydrogens is 480 g/mol. The van der Waals surface area contributed by atoms with E-state index in [1.807, 2.05) is 18.2 Å². The molecule has 0 aliphatic heterocycles. The topological polar surface area (TPSA) is 139 Å². The average Bonchev–Trinajstić information content (AvgIpc) is 3.35. The summed E-state index contributed by atoms with van der Waals surface area (Å²) in [5, 5.41) is 17.0. The molecule has 2 aromatic heterocycles. The highest BCUT2D eigenvalue weighted by Crippen LogP contribution is 2.31. The lowest BCUT2D eigenvalue weighted by Crippen LogP contribution is -2.20. The molecule has 0 amide bonds. The Hall–Kier alpha value is -5.32. The van der Waals surface area contributed by atoms with Crippen LogP contribution in [0.4, 0.5) is 5.69 Å². The first kappa shape index (κ1) is 23.4. The van der Waals surface area contributed by atoms with Crippen molar-refractivity contribution in [1.29, 1.82) is 0 Å². The number of fused-ring (bicyclic) bond motifs is 2. The maximum absolute atomic E-state index is 13.4. The summed E-state index contributed by atoms with van der Waals surface area (Å²) in [5.74, 6) is -0.474. The molecule has 0 radical (unpaired) electrons. The van der Waals surface area contributed by atoms with E-state index in [1.165, 1.54) is 31.5 Å². The minimum absolute atomic E-state index is 0.138. The maximum Gasteiger partial charge on any atom is 0.343 e. The third kappa shape index (κ3) is 4.52. The molecule has 184 valence electrons. The van der Waals surface area contributed by atoms with Crippen LogP contribution in [0, 0.1) is 10.1 Å². The molecule has 0 fully saturated rings. The van der Waals surface area contributed by atoms with Crippen LogP contribution in [-0.4, -0.2) is 40.5 Å². The normalized spacial score (nSPS) is 11.3. The van der Waals surface area contributed by atoms with Gasteiger partial charge in [-0.3, -0.25) is 14.9 Å². The molecule has 11 heteroatoms. The second-order valence-electron chi connectivity index (χ2n) is 7.78. The number of esters is 1. The van der Waals surface area contributed by atoms with Gasteiger partial charge in [0.05, 0.1) is 29.2 Å². The van der Waals surface area contributed by atoms with Gasteiger partial charge in [-0.05, 0) is 30.3 Å². The first-order valence-electron chi connectivity index (χ1n) is 11.0. The molecule has 3 aromatic carbocycles. The van der Waals surface area contributed by atoms with E-state index in [-0.39, 0.29) is 22.8 Å². The van der Waals surface area contributed by atoms with Gasteiger partial charge in [-0.15, -0.1) is 0 Å². The third-order valence-corrected chi connectivity index (χ3v) is 5.50. The van der Waals surface area contributed by atoms with Crippen molar-refractivity contribution in [3.8, 4) is 17.3 Å². The number of benzene rings is 3. The number of nitrogens with zero attached hydrogens (tertiary/aromatic N) is 4. The van der Waals surface area contributed by atoms with Crippen LogP contribution < -0.4 is 10.3 Å². The highest BCUT2D eigenvalue weighted by Gasteiger charge is 2.21. The van der Waals surface area contributed by atoms with Crippen LogP contribution in [0.5, 0.6) is 5.75 Å². The molecule has 5 aromatic rings. The van der Waals surface area contributed by atoms with Crippen molar-refractivity contribution in [3.63, 3.8) is 0 Å². The lowest BCUT2D eigenvalue weighted by molar-refractivity contribution is -0.385. The fraction of sp³-hybridized carbons (Fsp3) is 0.0769. The van der Waals surface area contributed by atoms with E-state index >= 15 is 0 Å². The Morgan fingerprint density at radius 2 is 1.92 bits per heavy atom. The molecule has 37 heavy (non-hydrogen) atoms. The molecular formula is C26H18N4O7. The number of hydrogen-bond donors (Lipinski definition) is 0. The molecule has 11 nitrogen and oxygen atoms in total. The summed E-state index contributed by atoms with van der Waals surface area (Å²) in [5.41, 5.74) is 0.363. The van der Waals surface area contributed by atoms with Gasteiger partial charge >= 0.3 is 11.7 Å². The highest BCUT2D eigenvalue weighted by atomic mass is 16.6. The maximum atomic E-state index is 13.4. The Morgan fingerprint density at radius 3 is 2.70 bits per heavy atom. The number of methoxy groups -OCH3 is 1. The van der Waals surface area contributed by atoms with Crippen LogP contribution >= 0.6 is 0 Å². The molecule has 2 heterocycles. The zero-order valence-electron chi connectivity index (χ0n) is 19.4. The van der Waals surface area contributed by atoms with Gasteiger partial charge < -0.3 is 13.9 Å². The first-order chi connectivity index (χ1) is 18.0. The van der Waals surface area contributed by atoms with Crippen molar-refractivity contribution in [2.75, 3.05) is 13.7 Å². The number of rotatable bonds is 7. The van der Waals surface area contributed by atoms with Gasteiger partial charge in [0.15, 0.2) is 12.4 Å². The lowest BCUT2D eigenvalue weighted by Gasteiger charge is -2.09. The monoisotopic (exact) mass is 498 g/mol. The van der Waals surface area contributed by atoms with Gasteiger partial charge in [0.2, 0.25) is 11.6 Å². The largest absolute Gasteiger partial charge is 0.474 e. The minimum atomic E-state index is -0.719. The summed E-state index contributed by atoms with van der Waals surface area (Å²) in [4.78, 5) is 40.6. The van der Waals surface area contributed by atoms with Crippen molar-refractivity contribution in [2.24, 2.45) is 5.10 Å². The van der Waals surface area contributed by atoms with E-state index in [0.717, 1.165) is 10.1 Å². The van der Waals surface area contributed by atoms with E-state index in [1.54, 1.807) is 36.4 Å². The fourth-order valence-electron chi connectivity index (χ4n) is 3.74. The number of nitro groups is 1. The van der Waals surface area contributed by atoms with E-state index in [4.69, 9.17) is 9.15 Å². The van der Waals surface area contributed by atoms with Gasteiger partial charge in [-0.1, -0.05) is 36.4 Å². The van der Waals surface area contributed by atoms with E-state index in [2.05, 4.69) is 14.8 Å². The quantitative estimate of drug-likeness (QED) is 0.141. The van der Waals surface area contributed by atoms with Crippen LogP contribution in [-0.2, 0) is 9.53 Å². The van der Waals surface area contributed by atoms with Crippen molar-refractivity contribution < 1.29 is 23.6 Å². The second kappa shape index (κ2) is 9.74. The molecule has 0 N–H and O–H groups in total. The number of aromatic nitrogens is 2. The van der Waals surface area contributed by atoms with Gasteiger partial charge in [0.1, 0.15) is 5.58 Å². The predicted octanol–water partition coefficient (Wildman–Crippen LogP) is 4.15. The number of hydrogen-bond acceptors (Lipinski definition) is 9. The smallest absolute Gasteiger partial charge is 0.343 e. The SMILES string of the molecule is COC(=O)COc1c(C=Nn2c(-c3cc4ccccc4o3)nc3ccccc3c2=O)cccc1[N+](=O)[O-]. The van der Waals surface area contributed by atoms with Gasteiger partial charge in [-0.2, -0.15) is 9.78 Å². The molecule has 0 bridgehead atoms. The molecule has 0 spiro atoms. The Bertz CT molecular complexity index is 1720. The van der Waals surface area contributed by atoms with E-state index in [9.17, 15) is 19.7 Å². The zero-order chi connectivity index (χ0) is 25.9. The minimum Gasteiger partial charge on any atom is -0.474 e. The molecule has 0 saturated carbocycles. The van der Waals surface area contributed by atoms with Crippen molar-refractivity contribution >= 4 is 39.7 Å². The Balaban J connectivity index is 1.67. The van der Waals surface area contributed by atoms with Gasteiger partial charge in [0, 0.05) is 17.0 Å². The average molecular weight is 498 g/mol. The van der Waals surface area contributed by atoms with Crippen molar-refractivity contribution in [3.05, 3.63) is 98.8 Å². The number of para-hydroxylation sites is 3. The second-order valence-corrected chi connectivity index (χ2v) is 7.78. The summed E-state index contributed by atoms with van der Waals surface area (Å²) in [6, 6.07) is 20.1. The zero-order valence-corrected chi connectivity index (χ0v) is 19.4. The number of nitro benzene ring substituents is 1. The van der Waals surface area contributed by atoms with Gasteiger partial charge in [0.25, 0.3) is 5.56 Å². The van der Waals surface area contributed by atoms with Crippen molar-refractivity contribution in [1.82, 2.24) is 9.66 Å². The molecule has 0 unspecified atom stereocenters. The summed E-state index contributed by atoms with van der Waals surface area (Å²) in [7, 11) is 1.17. The van der Waals surface area contributed by atoms with Crippen molar-refractivity contribution in [2.45, 2.75) is 0 Å². The number of carbonyl (C=O) groups excluding carboxylic acids is 1. The molecule has 0 aliphatic rings. The Morgan fingerprint density at radius 1 is 1.14 bits per heavy atom.